The number of piperazine rings is 1. The predicted octanol–water partition coefficient (Wildman–Crippen LogP) is 3.38. The molecule has 6 aliphatic rings. The largest absolute Gasteiger partial charge is 0.369 e. The van der Waals surface area contributed by atoms with Crippen LogP contribution in [0.15, 0.2) is 35.4 Å². The molecule has 2 saturated carbocycles. The molecule has 5 heterocycles. The van der Waals surface area contributed by atoms with E-state index in [1.54, 1.807) is 10.4 Å². The molecule has 1 aromatic heterocycles. The Bertz CT molecular complexity index is 1570. The van der Waals surface area contributed by atoms with Crippen molar-refractivity contribution in [2.45, 2.75) is 105 Å². The molecule has 2 N–H and O–H groups in total. The normalized spacial score (nSPS) is 28.4. The van der Waals surface area contributed by atoms with Crippen molar-refractivity contribution in [1.82, 2.24) is 19.6 Å². The molecule has 2 aromatic rings. The lowest BCUT2D eigenvalue weighted by molar-refractivity contribution is -0.193. The molecule has 1 spiro atoms. The summed E-state index contributed by atoms with van der Waals surface area (Å²) in [5.74, 6) is 1.41. The number of amides is 1. The van der Waals surface area contributed by atoms with Crippen LogP contribution < -0.4 is 20.4 Å². The Kier molecular flexibility index (Phi) is 8.62. The van der Waals surface area contributed by atoms with Crippen LogP contribution in [-0.4, -0.2) is 99.0 Å². The van der Waals surface area contributed by atoms with Gasteiger partial charge in [0, 0.05) is 75.4 Å². The summed E-state index contributed by atoms with van der Waals surface area (Å²) in [6.07, 6.45) is 11.7. The first-order valence-corrected chi connectivity index (χ1v) is 19.2. The Hall–Kier alpha value is -2.84. The predicted molar refractivity (Wildman–Crippen MR) is 178 cm³/mol. The van der Waals surface area contributed by atoms with Crippen LogP contribution in [0.3, 0.4) is 0 Å². The molecule has 13 heteroatoms. The van der Waals surface area contributed by atoms with E-state index in [1.807, 2.05) is 29.3 Å². The summed E-state index contributed by atoms with van der Waals surface area (Å²) in [6.45, 7) is 5.12. The molecule has 8 rings (SSSR count). The maximum Gasteiger partial charge on any atom is 0.243 e. The van der Waals surface area contributed by atoms with Crippen molar-refractivity contribution in [3.63, 3.8) is 0 Å². The smallest absolute Gasteiger partial charge is 0.243 e. The number of nitrogens with one attached hydrogen (secondary N) is 2. The minimum atomic E-state index is -3.60. The lowest BCUT2D eigenvalue weighted by atomic mass is 9.91. The van der Waals surface area contributed by atoms with Crippen LogP contribution in [0.4, 0.5) is 17.5 Å². The summed E-state index contributed by atoms with van der Waals surface area (Å²) in [6, 6.07) is 7.43. The van der Waals surface area contributed by atoms with Crippen LogP contribution in [0.25, 0.3) is 0 Å². The van der Waals surface area contributed by atoms with E-state index in [9.17, 15) is 13.2 Å². The highest BCUT2D eigenvalue weighted by Crippen LogP contribution is 2.57. The maximum absolute atomic E-state index is 13.9. The zero-order chi connectivity index (χ0) is 32.0. The second kappa shape index (κ2) is 12.9. The zero-order valence-corrected chi connectivity index (χ0v) is 27.9. The van der Waals surface area contributed by atoms with Crippen LogP contribution >= 0.6 is 0 Å². The second-order valence-electron chi connectivity index (χ2n) is 14.1. The molecule has 3 saturated heterocycles. The summed E-state index contributed by atoms with van der Waals surface area (Å²) in [5.41, 5.74) is 1.44. The number of rotatable bonds is 8. The Balaban J connectivity index is 0.926. The van der Waals surface area contributed by atoms with E-state index in [-0.39, 0.29) is 30.4 Å². The van der Waals surface area contributed by atoms with Gasteiger partial charge < -0.3 is 25.0 Å². The summed E-state index contributed by atoms with van der Waals surface area (Å²) in [5, 5.41) is 6.83. The average Bonchev–Trinajstić information content (AvgIpc) is 3.88. The summed E-state index contributed by atoms with van der Waals surface area (Å²) in [7, 11) is -3.60. The van der Waals surface area contributed by atoms with Gasteiger partial charge in [0.05, 0.1) is 16.4 Å². The number of carbonyl (C=O) groups excluding carboxylic acids is 1. The number of carbonyl (C=O) groups is 1. The third-order valence-electron chi connectivity index (χ3n) is 11.1. The van der Waals surface area contributed by atoms with E-state index >= 15 is 0 Å². The standard InChI is InChI=1S/C34H47N7O5S/c42-32-34(12-13-34)29-23-36-33(38-31(29)41(32)26-6-3-7-27(21-26)46-30-9-1-2-20-45-30)37-24-10-16-40(17-11-24)47(43,44)28-8-4-5-25(22-28)39-18-14-35-15-19-39/h4-5,8,22-24,26-27,30,35H,1-3,6-7,9-21H2,(H,36,37,38)/t26-,27-,30?/m1/s1. The first kappa shape index (κ1) is 31.4. The molecule has 4 aliphatic heterocycles. The van der Waals surface area contributed by atoms with Crippen molar-refractivity contribution in [1.29, 1.82) is 0 Å². The molecule has 5 fully saturated rings. The molecule has 0 bridgehead atoms. The number of anilines is 3. The van der Waals surface area contributed by atoms with Gasteiger partial charge in [-0.05, 0) is 88.8 Å². The first-order chi connectivity index (χ1) is 22.9. The highest BCUT2D eigenvalue weighted by molar-refractivity contribution is 7.89. The molecule has 47 heavy (non-hydrogen) atoms. The van der Waals surface area contributed by atoms with Crippen LogP contribution in [0.1, 0.15) is 76.2 Å². The molecule has 1 unspecified atom stereocenters. The van der Waals surface area contributed by atoms with Crippen molar-refractivity contribution in [2.24, 2.45) is 0 Å². The van der Waals surface area contributed by atoms with Crippen LogP contribution in [0.2, 0.25) is 0 Å². The van der Waals surface area contributed by atoms with Gasteiger partial charge in [-0.15, -0.1) is 0 Å². The van der Waals surface area contributed by atoms with Crippen LogP contribution in [0.5, 0.6) is 0 Å². The maximum atomic E-state index is 13.9. The van der Waals surface area contributed by atoms with Gasteiger partial charge in [0.15, 0.2) is 6.29 Å². The number of hydrogen-bond acceptors (Lipinski definition) is 10. The molecular formula is C34H47N7O5S. The van der Waals surface area contributed by atoms with E-state index in [0.717, 1.165) is 108 Å². The number of nitrogens with zero attached hydrogens (tertiary/aromatic N) is 5. The average molecular weight is 666 g/mol. The Morgan fingerprint density at radius 3 is 2.60 bits per heavy atom. The first-order valence-electron chi connectivity index (χ1n) is 17.7. The fourth-order valence-electron chi connectivity index (χ4n) is 8.20. The second-order valence-corrected chi connectivity index (χ2v) is 16.1. The Morgan fingerprint density at radius 1 is 1.00 bits per heavy atom. The van der Waals surface area contributed by atoms with Gasteiger partial charge in [-0.1, -0.05) is 6.07 Å². The third kappa shape index (κ3) is 6.14. The van der Waals surface area contributed by atoms with Gasteiger partial charge in [0.1, 0.15) is 5.82 Å². The van der Waals surface area contributed by atoms with E-state index in [4.69, 9.17) is 14.5 Å². The van der Waals surface area contributed by atoms with Gasteiger partial charge in [0.2, 0.25) is 21.9 Å². The van der Waals surface area contributed by atoms with Gasteiger partial charge in [0.25, 0.3) is 0 Å². The fraction of sp³-hybridized carbons (Fsp3) is 0.676. The van der Waals surface area contributed by atoms with Crippen molar-refractivity contribution in [2.75, 3.05) is 61.0 Å². The summed E-state index contributed by atoms with van der Waals surface area (Å²) < 4.78 is 41.1. The highest BCUT2D eigenvalue weighted by atomic mass is 32.2. The topological polar surface area (TPSA) is 129 Å². The van der Waals surface area contributed by atoms with Gasteiger partial charge >= 0.3 is 0 Å². The fourth-order valence-corrected chi connectivity index (χ4v) is 9.71. The Labute approximate surface area is 277 Å². The zero-order valence-electron chi connectivity index (χ0n) is 27.1. The van der Waals surface area contributed by atoms with Gasteiger partial charge in [-0.25, -0.2) is 13.4 Å². The highest BCUT2D eigenvalue weighted by Gasteiger charge is 2.61. The van der Waals surface area contributed by atoms with Crippen LogP contribution in [0, 0.1) is 0 Å². The molecule has 12 nitrogen and oxygen atoms in total. The quantitative estimate of drug-likeness (QED) is 0.433. The monoisotopic (exact) mass is 665 g/mol. The lowest BCUT2D eigenvalue weighted by Gasteiger charge is -2.37. The van der Waals surface area contributed by atoms with Gasteiger partial charge in [-0.3, -0.25) is 9.69 Å². The molecular weight excluding hydrogens is 618 g/mol. The van der Waals surface area contributed by atoms with Crippen molar-refractivity contribution in [3.8, 4) is 0 Å². The lowest BCUT2D eigenvalue weighted by Crippen LogP contribution is -2.45. The molecule has 254 valence electrons. The minimum Gasteiger partial charge on any atom is -0.369 e. The number of aromatic nitrogens is 2. The number of fused-ring (bicyclic) bond motifs is 2. The number of benzene rings is 1. The van der Waals surface area contributed by atoms with E-state index in [2.05, 4.69) is 20.5 Å². The molecule has 1 aromatic carbocycles. The molecule has 2 aliphatic carbocycles. The van der Waals surface area contributed by atoms with Crippen molar-refractivity contribution < 1.29 is 22.7 Å². The summed E-state index contributed by atoms with van der Waals surface area (Å²) in [4.78, 5) is 28.1. The molecule has 1 amide bonds. The van der Waals surface area contributed by atoms with Gasteiger partial charge in [-0.2, -0.15) is 9.29 Å². The van der Waals surface area contributed by atoms with E-state index in [1.165, 1.54) is 0 Å². The number of ether oxygens (including phenoxy) is 2. The Morgan fingerprint density at radius 2 is 1.83 bits per heavy atom. The summed E-state index contributed by atoms with van der Waals surface area (Å²) >= 11 is 0. The minimum absolute atomic E-state index is 0.0371. The number of piperidine rings is 1. The van der Waals surface area contributed by atoms with Crippen molar-refractivity contribution >= 4 is 33.4 Å². The van der Waals surface area contributed by atoms with Crippen molar-refractivity contribution in [3.05, 3.63) is 36.0 Å². The van der Waals surface area contributed by atoms with E-state index < -0.39 is 15.4 Å². The molecule has 3 atom stereocenters. The van der Waals surface area contributed by atoms with E-state index in [0.29, 0.717) is 36.8 Å². The number of hydrogen-bond donors (Lipinski definition) is 2. The number of sulfonamides is 1. The van der Waals surface area contributed by atoms with Crippen LogP contribution in [-0.2, 0) is 29.7 Å². The third-order valence-corrected chi connectivity index (χ3v) is 13.0. The molecule has 0 radical (unpaired) electrons. The SMILES string of the molecule is O=C1N([C@@H]2CCC[C@@H](OC3CCCCO3)C2)c2nc(NC3CCN(S(=O)(=O)c4cccc(N5CCNCC5)c4)CC3)ncc2C12CC2.